The fourth-order valence-corrected chi connectivity index (χ4v) is 2.26. The number of anilines is 1. The van der Waals surface area contributed by atoms with Crippen molar-refractivity contribution >= 4 is 44.0 Å². The third kappa shape index (κ3) is 2.71. The van der Waals surface area contributed by atoms with Crippen LogP contribution in [-0.2, 0) is 0 Å². The maximum absolute atomic E-state index is 11.8. The Morgan fingerprint density at radius 3 is 2.83 bits per heavy atom. The Balaban J connectivity index is 2.17. The number of nitrogens with one attached hydrogen (secondary N) is 1. The highest BCUT2D eigenvalue weighted by atomic mass is 79.9. The van der Waals surface area contributed by atoms with E-state index in [-0.39, 0.29) is 9.88 Å². The first-order chi connectivity index (χ1) is 8.58. The summed E-state index contributed by atoms with van der Waals surface area (Å²) in [5.41, 5.74) is 0. The molecule has 0 unspecified atom stereocenters. The lowest BCUT2D eigenvalue weighted by atomic mass is 10.4. The van der Waals surface area contributed by atoms with E-state index in [0.717, 1.165) is 11.3 Å². The van der Waals surface area contributed by atoms with Gasteiger partial charge in [-0.1, -0.05) is 11.3 Å². The fourth-order valence-electron chi connectivity index (χ4n) is 1.19. The summed E-state index contributed by atoms with van der Waals surface area (Å²) in [4.78, 5) is 26.0. The van der Waals surface area contributed by atoms with Gasteiger partial charge in [0, 0.05) is 12.3 Å². The number of hydrogen-bond donors (Lipinski definition) is 1. The third-order valence-corrected chi connectivity index (χ3v) is 3.66. The lowest BCUT2D eigenvalue weighted by molar-refractivity contribution is -0.380. The van der Waals surface area contributed by atoms with Crippen LogP contribution < -0.4 is 5.32 Å². The monoisotopic (exact) mass is 327 g/mol. The van der Waals surface area contributed by atoms with Crippen LogP contribution in [0.4, 0.5) is 10.8 Å². The molecule has 0 radical (unpaired) electrons. The standard InChI is InChI=1S/C10H6BrN3O3S/c11-6-2-1-5-12-9(6)13-10(15)7-3-4-8(18-7)14(16)17/h1-5H,(H,12,13,15). The lowest BCUT2D eigenvalue weighted by Gasteiger charge is -2.03. The van der Waals surface area contributed by atoms with Crippen molar-refractivity contribution in [1.82, 2.24) is 4.98 Å². The summed E-state index contributed by atoms with van der Waals surface area (Å²) in [5, 5.41) is 13.0. The minimum Gasteiger partial charge on any atom is -0.305 e. The molecular weight excluding hydrogens is 322 g/mol. The molecule has 1 amide bonds. The van der Waals surface area contributed by atoms with E-state index >= 15 is 0 Å². The second-order valence-electron chi connectivity index (χ2n) is 3.18. The summed E-state index contributed by atoms with van der Waals surface area (Å²) in [7, 11) is 0. The molecule has 8 heteroatoms. The van der Waals surface area contributed by atoms with Gasteiger partial charge in [-0.15, -0.1) is 0 Å². The van der Waals surface area contributed by atoms with Crippen molar-refractivity contribution in [2.75, 3.05) is 5.32 Å². The summed E-state index contributed by atoms with van der Waals surface area (Å²) in [5.74, 6) is -0.0500. The Labute approximate surface area is 114 Å². The van der Waals surface area contributed by atoms with Gasteiger partial charge in [0.2, 0.25) is 0 Å². The van der Waals surface area contributed by atoms with Gasteiger partial charge in [-0.3, -0.25) is 14.9 Å². The van der Waals surface area contributed by atoms with Gasteiger partial charge in [-0.2, -0.15) is 0 Å². The molecule has 0 bridgehead atoms. The normalized spacial score (nSPS) is 10.1. The van der Waals surface area contributed by atoms with Crippen LogP contribution in [0.2, 0.25) is 0 Å². The number of nitrogens with zero attached hydrogens (tertiary/aromatic N) is 2. The van der Waals surface area contributed by atoms with Gasteiger partial charge in [0.15, 0.2) is 0 Å². The molecule has 0 saturated carbocycles. The molecule has 2 rings (SSSR count). The number of halogens is 1. The number of carbonyl (C=O) groups excluding carboxylic acids is 1. The van der Waals surface area contributed by atoms with Gasteiger partial charge < -0.3 is 5.32 Å². The van der Waals surface area contributed by atoms with Crippen LogP contribution in [0.15, 0.2) is 34.9 Å². The summed E-state index contributed by atoms with van der Waals surface area (Å²) in [6, 6.07) is 6.16. The number of pyridine rings is 1. The molecule has 6 nitrogen and oxygen atoms in total. The van der Waals surface area contributed by atoms with E-state index in [1.54, 1.807) is 12.1 Å². The second kappa shape index (κ2) is 5.23. The van der Waals surface area contributed by atoms with E-state index in [4.69, 9.17) is 0 Å². The average molecular weight is 328 g/mol. The van der Waals surface area contributed by atoms with Gasteiger partial charge in [-0.05, 0) is 34.1 Å². The lowest BCUT2D eigenvalue weighted by Crippen LogP contribution is -2.11. The number of aromatic nitrogens is 1. The van der Waals surface area contributed by atoms with Gasteiger partial charge in [0.1, 0.15) is 5.82 Å². The maximum atomic E-state index is 11.8. The van der Waals surface area contributed by atoms with E-state index in [0.29, 0.717) is 10.3 Å². The molecule has 1 N–H and O–H groups in total. The van der Waals surface area contributed by atoms with E-state index < -0.39 is 10.8 Å². The van der Waals surface area contributed by atoms with Crippen molar-refractivity contribution in [3.05, 3.63) is 49.9 Å². The van der Waals surface area contributed by atoms with Crippen LogP contribution >= 0.6 is 27.3 Å². The first-order valence-corrected chi connectivity index (χ1v) is 6.35. The zero-order chi connectivity index (χ0) is 13.1. The molecule has 18 heavy (non-hydrogen) atoms. The number of amides is 1. The molecule has 2 heterocycles. The predicted molar refractivity (Wildman–Crippen MR) is 70.9 cm³/mol. The summed E-state index contributed by atoms with van der Waals surface area (Å²) in [6.45, 7) is 0. The molecule has 0 saturated heterocycles. The van der Waals surface area contributed by atoms with Crippen LogP contribution in [0.1, 0.15) is 9.67 Å². The minimum atomic E-state index is -0.530. The first kappa shape index (κ1) is 12.7. The average Bonchev–Trinajstić information content (AvgIpc) is 2.81. The SMILES string of the molecule is O=C(Nc1ncccc1Br)c1ccc([N+](=O)[O-])s1. The first-order valence-electron chi connectivity index (χ1n) is 4.74. The largest absolute Gasteiger partial charge is 0.324 e. The molecule has 92 valence electrons. The van der Waals surface area contributed by atoms with Gasteiger partial charge in [-0.25, -0.2) is 4.98 Å². The van der Waals surface area contributed by atoms with Crippen molar-refractivity contribution in [3.8, 4) is 0 Å². The Morgan fingerprint density at radius 1 is 1.44 bits per heavy atom. The second-order valence-corrected chi connectivity index (χ2v) is 5.10. The maximum Gasteiger partial charge on any atom is 0.324 e. The third-order valence-electron chi connectivity index (χ3n) is 1.99. The number of thiophene rings is 1. The highest BCUT2D eigenvalue weighted by Crippen LogP contribution is 2.25. The quantitative estimate of drug-likeness (QED) is 0.693. The van der Waals surface area contributed by atoms with Crippen LogP contribution in [-0.4, -0.2) is 15.8 Å². The highest BCUT2D eigenvalue weighted by Gasteiger charge is 2.16. The molecule has 0 aliphatic carbocycles. The van der Waals surface area contributed by atoms with Gasteiger partial charge in [0.25, 0.3) is 5.91 Å². The summed E-state index contributed by atoms with van der Waals surface area (Å²) >= 11 is 4.06. The smallest absolute Gasteiger partial charge is 0.305 e. The zero-order valence-electron chi connectivity index (χ0n) is 8.79. The molecule has 2 aromatic heterocycles. The Kier molecular flexibility index (Phi) is 3.68. The van der Waals surface area contributed by atoms with Crippen LogP contribution in [0.25, 0.3) is 0 Å². The molecule has 0 spiro atoms. The number of rotatable bonds is 3. The number of hydrogen-bond acceptors (Lipinski definition) is 5. The molecule has 0 aromatic carbocycles. The van der Waals surface area contributed by atoms with Crippen LogP contribution in [0, 0.1) is 10.1 Å². The molecule has 0 atom stereocenters. The number of carbonyl (C=O) groups is 1. The van der Waals surface area contributed by atoms with Gasteiger partial charge in [0.05, 0.1) is 14.3 Å². The van der Waals surface area contributed by atoms with Crippen molar-refractivity contribution in [2.45, 2.75) is 0 Å². The summed E-state index contributed by atoms with van der Waals surface area (Å²) in [6.07, 6.45) is 1.54. The van der Waals surface area contributed by atoms with Crippen molar-refractivity contribution in [1.29, 1.82) is 0 Å². The Hall–Kier alpha value is -1.80. The Bertz CT molecular complexity index is 614. The molecule has 2 aromatic rings. The van der Waals surface area contributed by atoms with Crippen LogP contribution in [0.3, 0.4) is 0 Å². The van der Waals surface area contributed by atoms with E-state index in [2.05, 4.69) is 26.2 Å². The van der Waals surface area contributed by atoms with Crippen molar-refractivity contribution in [3.63, 3.8) is 0 Å². The number of nitro groups is 1. The van der Waals surface area contributed by atoms with Crippen molar-refractivity contribution in [2.24, 2.45) is 0 Å². The topological polar surface area (TPSA) is 85.1 Å². The van der Waals surface area contributed by atoms with E-state index in [9.17, 15) is 14.9 Å². The molecule has 0 fully saturated rings. The zero-order valence-corrected chi connectivity index (χ0v) is 11.2. The molecule has 0 aliphatic heterocycles. The predicted octanol–water partition coefficient (Wildman–Crippen LogP) is 3.07. The van der Waals surface area contributed by atoms with E-state index in [1.807, 2.05) is 0 Å². The van der Waals surface area contributed by atoms with E-state index in [1.165, 1.54) is 18.3 Å². The minimum absolute atomic E-state index is 0.0692. The molecule has 0 aliphatic rings. The van der Waals surface area contributed by atoms with Crippen molar-refractivity contribution < 1.29 is 9.72 Å². The fraction of sp³-hybridized carbons (Fsp3) is 0. The van der Waals surface area contributed by atoms with Gasteiger partial charge >= 0.3 is 5.00 Å². The Morgan fingerprint density at radius 2 is 2.22 bits per heavy atom. The summed E-state index contributed by atoms with van der Waals surface area (Å²) < 4.78 is 0.643. The van der Waals surface area contributed by atoms with Crippen LogP contribution in [0.5, 0.6) is 0 Å². The highest BCUT2D eigenvalue weighted by molar-refractivity contribution is 9.10. The molecular formula is C10H6BrN3O3S.